The molecule has 0 aliphatic carbocycles. The van der Waals surface area contributed by atoms with Crippen molar-refractivity contribution in [1.29, 1.82) is 0 Å². The lowest BCUT2D eigenvalue weighted by Gasteiger charge is -2.21. The van der Waals surface area contributed by atoms with Crippen LogP contribution in [-0.2, 0) is 23.8 Å². The van der Waals surface area contributed by atoms with Gasteiger partial charge in [-0.15, -0.1) is 0 Å². The van der Waals surface area contributed by atoms with Crippen molar-refractivity contribution in [3.05, 3.63) is 48.0 Å². The lowest BCUT2D eigenvalue weighted by atomic mass is 9.96. The van der Waals surface area contributed by atoms with Gasteiger partial charge in [0.2, 0.25) is 6.10 Å². The van der Waals surface area contributed by atoms with Gasteiger partial charge in [0.15, 0.2) is 0 Å². The topological polar surface area (TPSA) is 61.8 Å². The van der Waals surface area contributed by atoms with Crippen LogP contribution in [0.25, 0.3) is 0 Å². The standard InChI is InChI=1S/C17H22O5/c1-12(16(20-3)14-8-6-5-7-9-14)10-11-15(17(19)21-4)22-13(2)18/h5-12,15-16H,1-4H3/b11-10+/t12-,15+,16+/m0/s1. The van der Waals surface area contributed by atoms with Gasteiger partial charge in [-0.3, -0.25) is 4.79 Å². The predicted octanol–water partition coefficient (Wildman–Crippen LogP) is 2.67. The Balaban J connectivity index is 2.84. The molecule has 1 aromatic rings. The van der Waals surface area contributed by atoms with Crippen LogP contribution in [0.5, 0.6) is 0 Å². The molecule has 0 aliphatic heterocycles. The summed E-state index contributed by atoms with van der Waals surface area (Å²) >= 11 is 0. The van der Waals surface area contributed by atoms with Crippen LogP contribution in [0.1, 0.15) is 25.5 Å². The zero-order valence-corrected chi connectivity index (χ0v) is 13.3. The Labute approximate surface area is 130 Å². The van der Waals surface area contributed by atoms with E-state index in [9.17, 15) is 9.59 Å². The zero-order valence-electron chi connectivity index (χ0n) is 13.3. The second kappa shape index (κ2) is 9.00. The first kappa shape index (κ1) is 17.9. The van der Waals surface area contributed by atoms with Crippen molar-refractivity contribution in [3.63, 3.8) is 0 Å². The van der Waals surface area contributed by atoms with Crippen molar-refractivity contribution in [2.75, 3.05) is 14.2 Å². The van der Waals surface area contributed by atoms with E-state index < -0.39 is 18.0 Å². The SMILES string of the molecule is COC(=O)[C@@H](/C=C/[C@H](C)[C@@H](OC)c1ccccc1)OC(C)=O. The molecule has 0 aliphatic rings. The quantitative estimate of drug-likeness (QED) is 0.572. The maximum absolute atomic E-state index is 11.6. The average molecular weight is 306 g/mol. The summed E-state index contributed by atoms with van der Waals surface area (Å²) in [7, 11) is 2.88. The van der Waals surface area contributed by atoms with Crippen molar-refractivity contribution in [3.8, 4) is 0 Å². The third-order valence-corrected chi connectivity index (χ3v) is 3.18. The van der Waals surface area contributed by atoms with Crippen LogP contribution in [0.3, 0.4) is 0 Å². The largest absolute Gasteiger partial charge is 0.466 e. The average Bonchev–Trinajstić information content (AvgIpc) is 2.52. The predicted molar refractivity (Wildman–Crippen MR) is 82.1 cm³/mol. The lowest BCUT2D eigenvalue weighted by Crippen LogP contribution is -2.26. The molecule has 0 bridgehead atoms. The second-order valence-corrected chi connectivity index (χ2v) is 4.86. The van der Waals surface area contributed by atoms with Crippen LogP contribution in [-0.4, -0.2) is 32.3 Å². The third-order valence-electron chi connectivity index (χ3n) is 3.18. The summed E-state index contributed by atoms with van der Waals surface area (Å²) in [6, 6.07) is 9.76. The maximum atomic E-state index is 11.6. The van der Waals surface area contributed by atoms with E-state index in [1.807, 2.05) is 37.3 Å². The summed E-state index contributed by atoms with van der Waals surface area (Å²) in [5, 5.41) is 0. The molecule has 0 spiro atoms. The molecule has 0 heterocycles. The van der Waals surface area contributed by atoms with Crippen LogP contribution in [0, 0.1) is 5.92 Å². The molecule has 5 heteroatoms. The lowest BCUT2D eigenvalue weighted by molar-refractivity contribution is -0.161. The van der Waals surface area contributed by atoms with Crippen molar-refractivity contribution in [2.24, 2.45) is 5.92 Å². The Morgan fingerprint density at radius 2 is 1.73 bits per heavy atom. The number of esters is 2. The number of methoxy groups -OCH3 is 2. The Kier molecular flexibility index (Phi) is 7.32. The number of ether oxygens (including phenoxy) is 3. The zero-order chi connectivity index (χ0) is 16.5. The number of carbonyl (C=O) groups is 2. The highest BCUT2D eigenvalue weighted by Gasteiger charge is 2.21. The van der Waals surface area contributed by atoms with Gasteiger partial charge < -0.3 is 14.2 Å². The summed E-state index contributed by atoms with van der Waals surface area (Å²) < 4.78 is 15.1. The molecule has 0 amide bonds. The van der Waals surface area contributed by atoms with E-state index >= 15 is 0 Å². The number of hydrogen-bond acceptors (Lipinski definition) is 5. The molecular formula is C17H22O5. The van der Waals surface area contributed by atoms with E-state index in [1.165, 1.54) is 20.1 Å². The van der Waals surface area contributed by atoms with Crippen LogP contribution >= 0.6 is 0 Å². The second-order valence-electron chi connectivity index (χ2n) is 4.86. The first-order chi connectivity index (χ1) is 10.5. The van der Waals surface area contributed by atoms with Crippen molar-refractivity contribution >= 4 is 11.9 Å². The fraction of sp³-hybridized carbons (Fsp3) is 0.412. The summed E-state index contributed by atoms with van der Waals surface area (Å²) in [5.74, 6) is -1.18. The van der Waals surface area contributed by atoms with E-state index in [0.717, 1.165) is 5.56 Å². The van der Waals surface area contributed by atoms with Crippen LogP contribution in [0.4, 0.5) is 0 Å². The van der Waals surface area contributed by atoms with E-state index in [-0.39, 0.29) is 12.0 Å². The molecule has 1 rings (SSSR count). The summed E-state index contributed by atoms with van der Waals surface area (Å²) in [6.45, 7) is 3.20. The van der Waals surface area contributed by atoms with E-state index in [2.05, 4.69) is 4.74 Å². The molecule has 120 valence electrons. The molecule has 3 atom stereocenters. The minimum Gasteiger partial charge on any atom is -0.466 e. The smallest absolute Gasteiger partial charge is 0.351 e. The molecule has 0 fully saturated rings. The van der Waals surface area contributed by atoms with Crippen LogP contribution in [0.15, 0.2) is 42.5 Å². The maximum Gasteiger partial charge on any atom is 0.351 e. The first-order valence-electron chi connectivity index (χ1n) is 7.00. The fourth-order valence-corrected chi connectivity index (χ4v) is 2.14. The summed E-state index contributed by atoms with van der Waals surface area (Å²) in [6.07, 6.45) is 2.10. The molecule has 0 radical (unpaired) electrons. The monoisotopic (exact) mass is 306 g/mol. The van der Waals surface area contributed by atoms with Crippen LogP contribution in [0.2, 0.25) is 0 Å². The fourth-order valence-electron chi connectivity index (χ4n) is 2.14. The van der Waals surface area contributed by atoms with Gasteiger partial charge in [0.1, 0.15) is 0 Å². The molecule has 0 saturated heterocycles. The normalized spacial score (nSPS) is 15.1. The van der Waals surface area contributed by atoms with Gasteiger partial charge in [0.05, 0.1) is 13.2 Å². The third kappa shape index (κ3) is 5.33. The number of carbonyl (C=O) groups excluding carboxylic acids is 2. The Bertz CT molecular complexity index is 509. The Hall–Kier alpha value is -2.14. The van der Waals surface area contributed by atoms with Gasteiger partial charge in [-0.25, -0.2) is 4.79 Å². The molecule has 0 aromatic heterocycles. The van der Waals surface area contributed by atoms with Gasteiger partial charge in [0.25, 0.3) is 0 Å². The molecule has 0 N–H and O–H groups in total. The van der Waals surface area contributed by atoms with Crippen molar-refractivity contribution < 1.29 is 23.8 Å². The minimum atomic E-state index is -1.04. The number of hydrogen-bond donors (Lipinski definition) is 0. The minimum absolute atomic E-state index is 0.0184. The van der Waals surface area contributed by atoms with E-state index in [4.69, 9.17) is 9.47 Å². The van der Waals surface area contributed by atoms with Gasteiger partial charge >= 0.3 is 11.9 Å². The van der Waals surface area contributed by atoms with Gasteiger partial charge in [-0.1, -0.05) is 43.3 Å². The molecule has 22 heavy (non-hydrogen) atoms. The molecule has 5 nitrogen and oxygen atoms in total. The number of benzene rings is 1. The van der Waals surface area contributed by atoms with Gasteiger partial charge in [-0.05, 0) is 11.6 Å². The highest BCUT2D eigenvalue weighted by atomic mass is 16.6. The van der Waals surface area contributed by atoms with Crippen molar-refractivity contribution in [1.82, 2.24) is 0 Å². The Morgan fingerprint density at radius 1 is 1.09 bits per heavy atom. The molecule has 0 unspecified atom stereocenters. The van der Waals surface area contributed by atoms with E-state index in [0.29, 0.717) is 0 Å². The molecule has 0 saturated carbocycles. The number of rotatable bonds is 7. The van der Waals surface area contributed by atoms with Gasteiger partial charge in [0, 0.05) is 20.0 Å². The first-order valence-corrected chi connectivity index (χ1v) is 7.00. The molecule has 1 aromatic carbocycles. The van der Waals surface area contributed by atoms with Crippen LogP contribution < -0.4 is 0 Å². The summed E-state index contributed by atoms with van der Waals surface area (Å²) in [5.41, 5.74) is 1.03. The Morgan fingerprint density at radius 3 is 2.23 bits per heavy atom. The van der Waals surface area contributed by atoms with E-state index in [1.54, 1.807) is 13.2 Å². The highest BCUT2D eigenvalue weighted by Crippen LogP contribution is 2.26. The summed E-state index contributed by atoms with van der Waals surface area (Å²) in [4.78, 5) is 22.6. The molecular weight excluding hydrogens is 284 g/mol. The van der Waals surface area contributed by atoms with Gasteiger partial charge in [-0.2, -0.15) is 0 Å². The van der Waals surface area contributed by atoms with Crippen molar-refractivity contribution in [2.45, 2.75) is 26.1 Å². The highest BCUT2D eigenvalue weighted by molar-refractivity contribution is 5.80.